The highest BCUT2D eigenvalue weighted by atomic mass is 16.5. The highest BCUT2D eigenvalue weighted by molar-refractivity contribution is 5.31. The van der Waals surface area contributed by atoms with Gasteiger partial charge in [0.15, 0.2) is 0 Å². The summed E-state index contributed by atoms with van der Waals surface area (Å²) in [7, 11) is 2.20. The summed E-state index contributed by atoms with van der Waals surface area (Å²) >= 11 is 0. The van der Waals surface area contributed by atoms with Crippen LogP contribution in [0.5, 0.6) is 5.75 Å². The maximum Gasteiger partial charge on any atom is 0.122 e. The third-order valence-corrected chi connectivity index (χ3v) is 3.79. The molecule has 94 valence electrons. The molecule has 0 amide bonds. The van der Waals surface area contributed by atoms with E-state index in [0.29, 0.717) is 6.04 Å². The molecule has 0 radical (unpaired) electrons. The predicted molar refractivity (Wildman–Crippen MR) is 71.5 cm³/mol. The first-order valence-corrected chi connectivity index (χ1v) is 6.57. The normalized spacial score (nSPS) is 17.2. The molecule has 1 atom stereocenters. The molecule has 0 saturated heterocycles. The summed E-state index contributed by atoms with van der Waals surface area (Å²) in [4.78, 5) is 2.41. The summed E-state index contributed by atoms with van der Waals surface area (Å²) in [6, 6.07) is 8.91. The first-order chi connectivity index (χ1) is 8.18. The van der Waals surface area contributed by atoms with Crippen molar-refractivity contribution in [2.24, 2.45) is 5.92 Å². The molecular weight excluding hydrogens is 210 g/mol. The van der Waals surface area contributed by atoms with E-state index in [0.717, 1.165) is 24.8 Å². The van der Waals surface area contributed by atoms with E-state index in [-0.39, 0.29) is 0 Å². The third-order valence-electron chi connectivity index (χ3n) is 3.79. The maximum absolute atomic E-state index is 5.82. The van der Waals surface area contributed by atoms with Crippen LogP contribution in [0.4, 0.5) is 0 Å². The van der Waals surface area contributed by atoms with Crippen molar-refractivity contribution >= 4 is 0 Å². The van der Waals surface area contributed by atoms with Crippen LogP contribution in [0, 0.1) is 12.8 Å². The predicted octanol–water partition coefficient (Wildman–Crippen LogP) is 3.10. The maximum atomic E-state index is 5.82. The van der Waals surface area contributed by atoms with Crippen LogP contribution in [0.3, 0.4) is 0 Å². The van der Waals surface area contributed by atoms with E-state index in [1.807, 2.05) is 18.2 Å². The van der Waals surface area contributed by atoms with Crippen LogP contribution in [0.2, 0.25) is 0 Å². The van der Waals surface area contributed by atoms with Crippen molar-refractivity contribution in [1.82, 2.24) is 4.90 Å². The molecular formula is C15H23NO. The molecule has 0 N–H and O–H groups in total. The Morgan fingerprint density at radius 1 is 1.35 bits per heavy atom. The van der Waals surface area contributed by atoms with E-state index in [1.165, 1.54) is 18.4 Å². The van der Waals surface area contributed by atoms with Crippen LogP contribution >= 0.6 is 0 Å². The largest absolute Gasteiger partial charge is 0.492 e. The SMILES string of the molecule is Cc1ccccc1OCCN(C)C(C)C1CC1. The van der Waals surface area contributed by atoms with Crippen molar-refractivity contribution in [3.63, 3.8) is 0 Å². The summed E-state index contributed by atoms with van der Waals surface area (Å²) in [5.41, 5.74) is 1.21. The molecule has 17 heavy (non-hydrogen) atoms. The lowest BCUT2D eigenvalue weighted by Gasteiger charge is -2.24. The highest BCUT2D eigenvalue weighted by Gasteiger charge is 2.30. The van der Waals surface area contributed by atoms with Gasteiger partial charge >= 0.3 is 0 Å². The average molecular weight is 233 g/mol. The van der Waals surface area contributed by atoms with E-state index in [4.69, 9.17) is 4.74 Å². The van der Waals surface area contributed by atoms with Gasteiger partial charge in [0.05, 0.1) is 0 Å². The quantitative estimate of drug-likeness (QED) is 0.748. The fraction of sp³-hybridized carbons (Fsp3) is 0.600. The van der Waals surface area contributed by atoms with Crippen molar-refractivity contribution in [3.05, 3.63) is 29.8 Å². The molecule has 1 fully saturated rings. The number of aryl methyl sites for hydroxylation is 1. The molecule has 1 saturated carbocycles. The Balaban J connectivity index is 1.73. The Kier molecular flexibility index (Phi) is 4.06. The minimum atomic E-state index is 0.704. The molecule has 2 heteroatoms. The molecule has 0 aromatic heterocycles. The van der Waals surface area contributed by atoms with Gasteiger partial charge in [0, 0.05) is 12.6 Å². The summed E-state index contributed by atoms with van der Waals surface area (Å²) in [6.45, 7) is 6.20. The van der Waals surface area contributed by atoms with Gasteiger partial charge in [0.2, 0.25) is 0 Å². The molecule has 0 aliphatic heterocycles. The van der Waals surface area contributed by atoms with Crippen LogP contribution in [-0.4, -0.2) is 31.1 Å². The van der Waals surface area contributed by atoms with Gasteiger partial charge < -0.3 is 9.64 Å². The molecule has 0 bridgehead atoms. The zero-order chi connectivity index (χ0) is 12.3. The highest BCUT2D eigenvalue weighted by Crippen LogP contribution is 2.34. The zero-order valence-corrected chi connectivity index (χ0v) is 11.1. The molecule has 1 unspecified atom stereocenters. The lowest BCUT2D eigenvalue weighted by atomic mass is 10.2. The van der Waals surface area contributed by atoms with E-state index in [9.17, 15) is 0 Å². The molecule has 1 aromatic carbocycles. The van der Waals surface area contributed by atoms with Crippen molar-refractivity contribution in [2.75, 3.05) is 20.2 Å². The van der Waals surface area contributed by atoms with Crippen LogP contribution in [0.1, 0.15) is 25.3 Å². The van der Waals surface area contributed by atoms with E-state index >= 15 is 0 Å². The van der Waals surface area contributed by atoms with Crippen LogP contribution in [0.15, 0.2) is 24.3 Å². The fourth-order valence-electron chi connectivity index (χ4n) is 2.16. The van der Waals surface area contributed by atoms with Gasteiger partial charge in [0.25, 0.3) is 0 Å². The van der Waals surface area contributed by atoms with Crippen molar-refractivity contribution in [3.8, 4) is 5.75 Å². The van der Waals surface area contributed by atoms with Crippen molar-refractivity contribution < 1.29 is 4.74 Å². The number of rotatable bonds is 6. The van der Waals surface area contributed by atoms with E-state index < -0.39 is 0 Å². The second-order valence-electron chi connectivity index (χ2n) is 5.17. The molecule has 2 nitrogen and oxygen atoms in total. The number of likely N-dealkylation sites (N-methyl/N-ethyl adjacent to an activating group) is 1. The second kappa shape index (κ2) is 5.54. The minimum Gasteiger partial charge on any atom is -0.492 e. The number of benzene rings is 1. The van der Waals surface area contributed by atoms with Gasteiger partial charge in [-0.1, -0.05) is 18.2 Å². The van der Waals surface area contributed by atoms with Gasteiger partial charge in [0.1, 0.15) is 12.4 Å². The lowest BCUT2D eigenvalue weighted by molar-refractivity contribution is 0.186. The molecule has 1 aliphatic rings. The standard InChI is InChI=1S/C15H23NO/c1-12-6-4-5-7-15(12)17-11-10-16(3)13(2)14-8-9-14/h4-7,13-14H,8-11H2,1-3H3. The Labute approximate surface area is 105 Å². The van der Waals surface area contributed by atoms with Gasteiger partial charge in [-0.3, -0.25) is 0 Å². The smallest absolute Gasteiger partial charge is 0.122 e. The number of ether oxygens (including phenoxy) is 1. The summed E-state index contributed by atoms with van der Waals surface area (Å²) < 4.78 is 5.82. The van der Waals surface area contributed by atoms with Crippen LogP contribution in [0.25, 0.3) is 0 Å². The number of hydrogen-bond acceptors (Lipinski definition) is 2. The topological polar surface area (TPSA) is 12.5 Å². The van der Waals surface area contributed by atoms with Crippen LogP contribution < -0.4 is 4.74 Å². The summed E-state index contributed by atoms with van der Waals surface area (Å²) in [5, 5.41) is 0. The third kappa shape index (κ3) is 3.47. The van der Waals surface area contributed by atoms with Gasteiger partial charge in [-0.25, -0.2) is 0 Å². The van der Waals surface area contributed by atoms with E-state index in [1.54, 1.807) is 0 Å². The molecule has 1 aliphatic carbocycles. The second-order valence-corrected chi connectivity index (χ2v) is 5.17. The molecule has 2 rings (SSSR count). The summed E-state index contributed by atoms with van der Waals surface area (Å²) in [5.74, 6) is 1.94. The van der Waals surface area contributed by atoms with Gasteiger partial charge in [-0.2, -0.15) is 0 Å². The number of para-hydroxylation sites is 1. The Hall–Kier alpha value is -1.02. The first-order valence-electron chi connectivity index (χ1n) is 6.57. The van der Waals surface area contributed by atoms with Gasteiger partial charge in [-0.05, 0) is 51.3 Å². The Morgan fingerprint density at radius 2 is 2.06 bits per heavy atom. The van der Waals surface area contributed by atoms with Crippen molar-refractivity contribution in [2.45, 2.75) is 32.7 Å². The lowest BCUT2D eigenvalue weighted by Crippen LogP contribution is -2.34. The zero-order valence-electron chi connectivity index (χ0n) is 11.1. The number of nitrogens with zero attached hydrogens (tertiary/aromatic N) is 1. The Bertz CT molecular complexity index is 360. The van der Waals surface area contributed by atoms with Crippen LogP contribution in [-0.2, 0) is 0 Å². The molecule has 0 heterocycles. The Morgan fingerprint density at radius 3 is 2.71 bits per heavy atom. The summed E-state index contributed by atoms with van der Waals surface area (Å²) in [6.07, 6.45) is 2.81. The minimum absolute atomic E-state index is 0.704. The first kappa shape index (κ1) is 12.4. The molecule has 1 aromatic rings. The van der Waals surface area contributed by atoms with E-state index in [2.05, 4.69) is 31.9 Å². The fourth-order valence-corrected chi connectivity index (χ4v) is 2.16. The number of hydrogen-bond donors (Lipinski definition) is 0. The average Bonchev–Trinajstić information content (AvgIpc) is 3.14. The van der Waals surface area contributed by atoms with Crippen molar-refractivity contribution in [1.29, 1.82) is 0 Å². The monoisotopic (exact) mass is 233 g/mol. The van der Waals surface area contributed by atoms with Gasteiger partial charge in [-0.15, -0.1) is 0 Å². The molecule has 0 spiro atoms.